The first-order valence-electron chi connectivity index (χ1n) is 10.0. The number of carboxylic acid groups (broad SMARTS) is 1. The van der Waals surface area contributed by atoms with Crippen LogP contribution in [0.3, 0.4) is 0 Å². The predicted octanol–water partition coefficient (Wildman–Crippen LogP) is 7.02. The third-order valence-electron chi connectivity index (χ3n) is 5.51. The highest BCUT2D eigenvalue weighted by Crippen LogP contribution is 2.37. The van der Waals surface area contributed by atoms with E-state index in [1.165, 1.54) is 35.1 Å². The molecular formula is C24H32O3. The standard InChI is InChI=1S/C24H32O3/c1-6-8-11-19-12-10-14-21(20(19)13-9-7-2)22-15-23(27-24(25)26)18(5)16(3)17(22)4/h10,12,14-15H,6-9,11,13H2,1-5H3,(H,25,26). The molecule has 0 aromatic heterocycles. The molecule has 0 radical (unpaired) electrons. The van der Waals surface area contributed by atoms with Gasteiger partial charge in [-0.2, -0.15) is 0 Å². The van der Waals surface area contributed by atoms with Gasteiger partial charge < -0.3 is 9.84 Å². The lowest BCUT2D eigenvalue weighted by atomic mass is 9.86. The van der Waals surface area contributed by atoms with Crippen molar-refractivity contribution in [1.82, 2.24) is 0 Å². The van der Waals surface area contributed by atoms with Crippen LogP contribution in [0.4, 0.5) is 4.79 Å². The van der Waals surface area contributed by atoms with E-state index < -0.39 is 6.16 Å². The third kappa shape index (κ3) is 4.91. The summed E-state index contributed by atoms with van der Waals surface area (Å²) in [6.45, 7) is 10.5. The van der Waals surface area contributed by atoms with Crippen molar-refractivity contribution in [2.75, 3.05) is 0 Å². The van der Waals surface area contributed by atoms with Gasteiger partial charge in [-0.3, -0.25) is 0 Å². The van der Waals surface area contributed by atoms with Gasteiger partial charge in [-0.05, 0) is 91.5 Å². The Labute approximate surface area is 163 Å². The summed E-state index contributed by atoms with van der Waals surface area (Å²) in [4.78, 5) is 11.1. The smallest absolute Gasteiger partial charge is 0.449 e. The Balaban J connectivity index is 2.65. The fourth-order valence-corrected chi connectivity index (χ4v) is 3.63. The number of hydrogen-bond acceptors (Lipinski definition) is 2. The molecule has 3 heteroatoms. The molecular weight excluding hydrogens is 336 g/mol. The summed E-state index contributed by atoms with van der Waals surface area (Å²) in [7, 11) is 0. The van der Waals surface area contributed by atoms with Crippen LogP contribution >= 0.6 is 0 Å². The predicted molar refractivity (Wildman–Crippen MR) is 112 cm³/mol. The molecule has 2 aromatic carbocycles. The summed E-state index contributed by atoms with van der Waals surface area (Å²) >= 11 is 0. The monoisotopic (exact) mass is 368 g/mol. The van der Waals surface area contributed by atoms with Gasteiger partial charge in [0.15, 0.2) is 0 Å². The van der Waals surface area contributed by atoms with E-state index in [2.05, 4.69) is 39.0 Å². The van der Waals surface area contributed by atoms with Crippen molar-refractivity contribution in [2.24, 2.45) is 0 Å². The largest absolute Gasteiger partial charge is 0.511 e. The molecule has 2 aromatic rings. The van der Waals surface area contributed by atoms with E-state index in [4.69, 9.17) is 9.84 Å². The molecule has 0 heterocycles. The van der Waals surface area contributed by atoms with Gasteiger partial charge in [0.1, 0.15) is 5.75 Å². The molecule has 0 aliphatic rings. The van der Waals surface area contributed by atoms with Crippen molar-refractivity contribution in [1.29, 1.82) is 0 Å². The minimum Gasteiger partial charge on any atom is -0.449 e. The molecule has 146 valence electrons. The van der Waals surface area contributed by atoms with E-state index in [9.17, 15) is 4.79 Å². The Morgan fingerprint density at radius 1 is 0.926 bits per heavy atom. The number of carbonyl (C=O) groups is 1. The van der Waals surface area contributed by atoms with Crippen LogP contribution in [0, 0.1) is 20.8 Å². The first kappa shape index (κ1) is 21.0. The highest BCUT2D eigenvalue weighted by molar-refractivity contribution is 5.76. The fourth-order valence-electron chi connectivity index (χ4n) is 3.63. The minimum atomic E-state index is -1.27. The van der Waals surface area contributed by atoms with Crippen LogP contribution in [0.15, 0.2) is 24.3 Å². The Morgan fingerprint density at radius 3 is 2.22 bits per heavy atom. The van der Waals surface area contributed by atoms with Crippen molar-refractivity contribution in [3.05, 3.63) is 52.1 Å². The van der Waals surface area contributed by atoms with Crippen LogP contribution in [-0.4, -0.2) is 11.3 Å². The van der Waals surface area contributed by atoms with Gasteiger partial charge in [-0.15, -0.1) is 0 Å². The molecule has 0 atom stereocenters. The van der Waals surface area contributed by atoms with Gasteiger partial charge in [0.25, 0.3) is 0 Å². The number of hydrogen-bond donors (Lipinski definition) is 1. The Hall–Kier alpha value is -2.29. The van der Waals surface area contributed by atoms with Crippen LogP contribution in [0.2, 0.25) is 0 Å². The Morgan fingerprint density at radius 2 is 1.59 bits per heavy atom. The summed E-state index contributed by atoms with van der Waals surface area (Å²) < 4.78 is 5.08. The van der Waals surface area contributed by atoms with Gasteiger partial charge in [0.2, 0.25) is 0 Å². The van der Waals surface area contributed by atoms with Crippen LogP contribution < -0.4 is 4.74 Å². The summed E-state index contributed by atoms with van der Waals surface area (Å²) in [6.07, 6.45) is 5.53. The molecule has 0 spiro atoms. The van der Waals surface area contributed by atoms with Crippen LogP contribution in [0.5, 0.6) is 5.75 Å². The first-order chi connectivity index (χ1) is 12.9. The van der Waals surface area contributed by atoms with Crippen molar-refractivity contribution in [3.8, 4) is 16.9 Å². The number of aryl methyl sites for hydroxylation is 1. The third-order valence-corrected chi connectivity index (χ3v) is 5.51. The summed E-state index contributed by atoms with van der Waals surface area (Å²) in [5.74, 6) is 0.431. The van der Waals surface area contributed by atoms with Gasteiger partial charge in [-0.1, -0.05) is 44.9 Å². The van der Waals surface area contributed by atoms with Crippen molar-refractivity contribution in [2.45, 2.75) is 73.1 Å². The molecule has 0 bridgehead atoms. The molecule has 1 N–H and O–H groups in total. The zero-order valence-corrected chi connectivity index (χ0v) is 17.3. The van der Waals surface area contributed by atoms with Crippen molar-refractivity contribution in [3.63, 3.8) is 0 Å². The minimum absolute atomic E-state index is 0.431. The second-order valence-electron chi connectivity index (χ2n) is 7.32. The molecule has 0 fully saturated rings. The molecule has 27 heavy (non-hydrogen) atoms. The zero-order valence-electron chi connectivity index (χ0n) is 17.3. The maximum Gasteiger partial charge on any atom is 0.511 e. The first-order valence-corrected chi connectivity index (χ1v) is 10.0. The van der Waals surface area contributed by atoms with Crippen LogP contribution in [-0.2, 0) is 12.8 Å². The van der Waals surface area contributed by atoms with Gasteiger partial charge >= 0.3 is 6.16 Å². The van der Waals surface area contributed by atoms with Crippen LogP contribution in [0.1, 0.15) is 67.3 Å². The lowest BCUT2D eigenvalue weighted by molar-refractivity contribution is 0.144. The summed E-state index contributed by atoms with van der Waals surface area (Å²) in [6, 6.07) is 8.44. The van der Waals surface area contributed by atoms with E-state index in [0.717, 1.165) is 42.4 Å². The summed E-state index contributed by atoms with van der Waals surface area (Å²) in [5.41, 5.74) is 8.28. The Bertz CT molecular complexity index is 806. The maximum absolute atomic E-state index is 11.1. The molecule has 0 amide bonds. The van der Waals surface area contributed by atoms with Crippen molar-refractivity contribution >= 4 is 6.16 Å². The van der Waals surface area contributed by atoms with E-state index in [1.807, 2.05) is 19.9 Å². The Kier molecular flexibility index (Phi) is 7.46. The number of ether oxygens (including phenoxy) is 1. The molecule has 0 aliphatic carbocycles. The molecule has 0 saturated carbocycles. The average molecular weight is 369 g/mol. The molecule has 0 unspecified atom stereocenters. The van der Waals surface area contributed by atoms with Gasteiger partial charge in [0, 0.05) is 0 Å². The van der Waals surface area contributed by atoms with Crippen molar-refractivity contribution < 1.29 is 14.6 Å². The van der Waals surface area contributed by atoms with Crippen LogP contribution in [0.25, 0.3) is 11.1 Å². The lowest BCUT2D eigenvalue weighted by Gasteiger charge is -2.20. The van der Waals surface area contributed by atoms with Gasteiger partial charge in [0.05, 0.1) is 0 Å². The van der Waals surface area contributed by atoms with E-state index >= 15 is 0 Å². The topological polar surface area (TPSA) is 46.5 Å². The number of unbranched alkanes of at least 4 members (excludes halogenated alkanes) is 2. The SMILES string of the molecule is CCCCc1cccc(-c2cc(OC(=O)O)c(C)c(C)c2C)c1CCCC. The van der Waals surface area contributed by atoms with E-state index in [1.54, 1.807) is 0 Å². The average Bonchev–Trinajstić information content (AvgIpc) is 2.65. The summed E-state index contributed by atoms with van der Waals surface area (Å²) in [5, 5.41) is 9.10. The molecule has 3 nitrogen and oxygen atoms in total. The fraction of sp³-hybridized carbons (Fsp3) is 0.458. The molecule has 2 rings (SSSR count). The molecule has 0 aliphatic heterocycles. The highest BCUT2D eigenvalue weighted by Gasteiger charge is 2.17. The highest BCUT2D eigenvalue weighted by atomic mass is 16.7. The van der Waals surface area contributed by atoms with E-state index in [-0.39, 0.29) is 0 Å². The lowest BCUT2D eigenvalue weighted by Crippen LogP contribution is -2.07. The maximum atomic E-state index is 11.1. The van der Waals surface area contributed by atoms with E-state index in [0.29, 0.717) is 5.75 Å². The number of rotatable bonds is 8. The second kappa shape index (κ2) is 9.59. The quantitative estimate of drug-likeness (QED) is 0.402. The normalized spacial score (nSPS) is 10.9. The molecule has 0 saturated heterocycles. The zero-order chi connectivity index (χ0) is 20.0. The number of benzene rings is 2. The second-order valence-corrected chi connectivity index (χ2v) is 7.32. The van der Waals surface area contributed by atoms with Gasteiger partial charge in [-0.25, -0.2) is 4.79 Å².